The third-order valence-electron chi connectivity index (χ3n) is 0.679. The van der Waals surface area contributed by atoms with Gasteiger partial charge in [-0.3, -0.25) is 9.68 Å². The zero-order chi connectivity index (χ0) is 13.2. The number of carboxylic acid groups (broad SMARTS) is 1. The summed E-state index contributed by atoms with van der Waals surface area (Å²) >= 11 is 1.31. The molecule has 0 aromatic rings. The fourth-order valence-corrected chi connectivity index (χ4v) is 0.216. The average molecular weight is 247 g/mol. The van der Waals surface area contributed by atoms with E-state index in [0.29, 0.717) is 0 Å². The fraction of sp³-hybridized carbons (Fsp3) is 0.625. The summed E-state index contributed by atoms with van der Waals surface area (Å²) in [7, 11) is 0. The second kappa shape index (κ2) is 24.3. The van der Waals surface area contributed by atoms with Crippen molar-refractivity contribution in [2.45, 2.75) is 4.17 Å². The molecule has 0 spiro atoms. The standard InChI is InChI=1S/C4H11NO4.C3H4O2.CH3.Na/c6-1-3-8-5-9-4-2-7;1-2-3(4)5;;/h5-7H,1-4H2;2H,1H2,(H,4,5);1H3;. The van der Waals surface area contributed by atoms with Crippen LogP contribution in [0.3, 0.4) is 0 Å². The Morgan fingerprint density at radius 1 is 1.31 bits per heavy atom. The molecule has 0 aromatic heterocycles. The van der Waals surface area contributed by atoms with Crippen LogP contribution in [0, 0.1) is 0 Å². The topological polar surface area (TPSA) is 108 Å². The average Bonchev–Trinajstić information content (AvgIpc) is 2.32. The second-order valence-corrected chi connectivity index (χ2v) is 1.77. The molecule has 0 amide bonds. The normalized spacial score (nSPS) is 8.06. The molecule has 0 bridgehead atoms. The first-order chi connectivity index (χ1) is 7.68. The maximum absolute atomic E-state index is 9.25. The molecule has 0 aliphatic carbocycles. The molecule has 92 valence electrons. The Labute approximate surface area is 112 Å². The van der Waals surface area contributed by atoms with Crippen molar-refractivity contribution < 1.29 is 29.8 Å². The summed E-state index contributed by atoms with van der Waals surface area (Å²) in [6, 6.07) is 0. The van der Waals surface area contributed by atoms with Crippen molar-refractivity contribution in [3.05, 3.63) is 12.7 Å². The van der Waals surface area contributed by atoms with Gasteiger partial charge in [-0.25, -0.2) is 4.79 Å². The Morgan fingerprint density at radius 2 is 1.62 bits per heavy atom. The van der Waals surface area contributed by atoms with Gasteiger partial charge in [0, 0.05) is 6.08 Å². The minimum absolute atomic E-state index is 0.0600. The van der Waals surface area contributed by atoms with Crippen LogP contribution in [0.4, 0.5) is 0 Å². The zero-order valence-electron chi connectivity index (χ0n) is 9.68. The number of hydrogen-bond acceptors (Lipinski definition) is 6. The van der Waals surface area contributed by atoms with Crippen LogP contribution in [-0.2, 0) is 14.5 Å². The Balaban J connectivity index is -0.000000205. The second-order valence-electron chi connectivity index (χ2n) is 1.77. The number of carbonyl (C=O) groups is 1. The molecule has 4 N–H and O–H groups in total. The predicted octanol–water partition coefficient (Wildman–Crippen LogP) is -1.12. The van der Waals surface area contributed by atoms with Crippen LogP contribution in [0.25, 0.3) is 0 Å². The molecular formula is C8H18NNaO6. The number of carboxylic acids is 1. The first-order valence-electron chi connectivity index (χ1n) is 4.74. The molecule has 0 unspecified atom stereocenters. The third-order valence-corrected chi connectivity index (χ3v) is 0.679. The van der Waals surface area contributed by atoms with E-state index in [4.69, 9.17) is 15.3 Å². The van der Waals surface area contributed by atoms with E-state index < -0.39 is 5.97 Å². The van der Waals surface area contributed by atoms with Crippen molar-refractivity contribution in [2.24, 2.45) is 0 Å². The van der Waals surface area contributed by atoms with Crippen LogP contribution < -0.4 is 5.64 Å². The van der Waals surface area contributed by atoms with Crippen molar-refractivity contribution in [1.29, 1.82) is 0 Å². The van der Waals surface area contributed by atoms with Gasteiger partial charge in [-0.2, -0.15) is 0 Å². The van der Waals surface area contributed by atoms with Crippen LogP contribution >= 0.6 is 0 Å². The van der Waals surface area contributed by atoms with Crippen molar-refractivity contribution in [3.8, 4) is 0 Å². The molecule has 0 aromatic carbocycles. The molecule has 16 heavy (non-hydrogen) atoms. The Hall–Kier alpha value is 0.01000. The zero-order valence-corrected chi connectivity index (χ0v) is 11.7. The number of hydrogen-bond donors (Lipinski definition) is 4. The number of nitrogens with one attached hydrogen (secondary N) is 1. The van der Waals surface area contributed by atoms with E-state index in [2.05, 4.69) is 26.1 Å². The van der Waals surface area contributed by atoms with Gasteiger partial charge in [0.1, 0.15) is 0 Å². The molecule has 0 saturated carbocycles. The van der Waals surface area contributed by atoms with Gasteiger partial charge in [-0.15, -0.1) is 0 Å². The number of aliphatic hydroxyl groups excluding tert-OH is 2. The van der Waals surface area contributed by atoms with E-state index in [-0.39, 0.29) is 26.4 Å². The first-order valence-corrected chi connectivity index (χ1v) is 6.74. The van der Waals surface area contributed by atoms with Gasteiger partial charge in [0.05, 0.1) is 26.4 Å². The van der Waals surface area contributed by atoms with Crippen LogP contribution in [-0.4, -0.2) is 75.6 Å². The van der Waals surface area contributed by atoms with E-state index in [1.54, 1.807) is 0 Å². The first kappa shape index (κ1) is 21.3. The quantitative estimate of drug-likeness (QED) is 0.195. The summed E-state index contributed by atoms with van der Waals surface area (Å²) in [6.45, 7) is 3.18. The fourth-order valence-electron chi connectivity index (χ4n) is 0.216. The van der Waals surface area contributed by atoms with Gasteiger partial charge in [0.15, 0.2) is 0 Å². The van der Waals surface area contributed by atoms with E-state index in [0.717, 1.165) is 6.08 Å². The Morgan fingerprint density at radius 3 is 1.81 bits per heavy atom. The van der Waals surface area contributed by atoms with Gasteiger partial charge >= 0.3 is 38.1 Å². The molecule has 0 heterocycles. The minimum atomic E-state index is -0.981. The van der Waals surface area contributed by atoms with Gasteiger partial charge in [0.2, 0.25) is 0 Å². The summed E-state index contributed by atoms with van der Waals surface area (Å²) < 4.78 is 2.14. The van der Waals surface area contributed by atoms with Crippen LogP contribution in [0.5, 0.6) is 0 Å². The van der Waals surface area contributed by atoms with Gasteiger partial charge in [0.25, 0.3) is 0 Å². The number of aliphatic hydroxyl groups is 2. The van der Waals surface area contributed by atoms with E-state index >= 15 is 0 Å². The Kier molecular flexibility index (Phi) is 32.4. The summed E-state index contributed by atoms with van der Waals surface area (Å²) in [5.74, 6) is -0.981. The molecule has 0 radical (unpaired) electrons. The molecular weight excluding hydrogens is 229 g/mol. The Bertz CT molecular complexity index is 140. The van der Waals surface area contributed by atoms with Crippen LogP contribution in [0.1, 0.15) is 0 Å². The molecule has 0 aliphatic rings. The summed E-state index contributed by atoms with van der Waals surface area (Å²) in [5.41, 5.74) is 2.07. The molecule has 0 aliphatic heterocycles. The van der Waals surface area contributed by atoms with E-state index in [1.807, 2.05) is 0 Å². The van der Waals surface area contributed by atoms with Crippen molar-refractivity contribution in [3.63, 3.8) is 0 Å². The molecule has 8 heteroatoms. The van der Waals surface area contributed by atoms with Gasteiger partial charge in [-0.05, 0) is 0 Å². The molecule has 0 fully saturated rings. The van der Waals surface area contributed by atoms with Crippen molar-refractivity contribution >= 4 is 33.9 Å². The summed E-state index contributed by atoms with van der Waals surface area (Å²) in [5, 5.41) is 23.9. The van der Waals surface area contributed by atoms with Gasteiger partial charge < -0.3 is 15.3 Å². The molecule has 0 rings (SSSR count). The summed E-state index contributed by atoms with van der Waals surface area (Å²) in [4.78, 5) is 18.2. The SMILES string of the molecule is C=CC(=O)O.OCCONOCCO.[CH3][Na]. The summed E-state index contributed by atoms with van der Waals surface area (Å²) in [6.07, 6.45) is 0.833. The van der Waals surface area contributed by atoms with Gasteiger partial charge in [-0.1, -0.05) is 12.2 Å². The van der Waals surface area contributed by atoms with E-state index in [9.17, 15) is 4.79 Å². The van der Waals surface area contributed by atoms with E-state index in [1.165, 1.54) is 27.9 Å². The van der Waals surface area contributed by atoms with Crippen molar-refractivity contribution in [2.75, 3.05) is 26.4 Å². The number of rotatable bonds is 7. The van der Waals surface area contributed by atoms with Crippen LogP contribution in [0.15, 0.2) is 12.7 Å². The monoisotopic (exact) mass is 247 g/mol. The third kappa shape index (κ3) is 37.0. The molecule has 0 saturated heterocycles. The van der Waals surface area contributed by atoms with Crippen LogP contribution in [0.2, 0.25) is 4.17 Å². The predicted molar refractivity (Wildman–Crippen MR) is 58.7 cm³/mol. The number of aliphatic carboxylic acids is 1. The van der Waals surface area contributed by atoms with Crippen molar-refractivity contribution in [1.82, 2.24) is 5.64 Å². The maximum atomic E-state index is 9.25. The molecule has 7 nitrogen and oxygen atoms in total. The molecule has 0 atom stereocenters.